The largest absolute Gasteiger partial charge is 0.342 e. The molecule has 1 unspecified atom stereocenters. The van der Waals surface area contributed by atoms with Crippen LogP contribution in [0.5, 0.6) is 0 Å². The fraction of sp³-hybridized carbons (Fsp3) is 0.938. The van der Waals surface area contributed by atoms with E-state index < -0.39 is 0 Å². The van der Waals surface area contributed by atoms with Gasteiger partial charge in [0.1, 0.15) is 6.10 Å². The SMILES string of the molecule is CCCCCCCCCCCC(=O)OOC(C)CC. The van der Waals surface area contributed by atoms with Gasteiger partial charge in [0, 0.05) is 6.42 Å². The predicted octanol–water partition coefficient (Wildman–Crippen LogP) is 5.18. The maximum Gasteiger partial charge on any atom is 0.342 e. The Morgan fingerprint density at radius 1 is 0.895 bits per heavy atom. The molecule has 0 amide bonds. The van der Waals surface area contributed by atoms with Gasteiger partial charge in [-0.3, -0.25) is 4.89 Å². The summed E-state index contributed by atoms with van der Waals surface area (Å²) in [6.45, 7) is 6.13. The Bertz CT molecular complexity index is 204. The first-order chi connectivity index (χ1) is 9.20. The molecule has 0 aromatic heterocycles. The van der Waals surface area contributed by atoms with Crippen LogP contribution in [0.2, 0.25) is 0 Å². The van der Waals surface area contributed by atoms with Crippen LogP contribution >= 0.6 is 0 Å². The van der Waals surface area contributed by atoms with Crippen LogP contribution in [0.3, 0.4) is 0 Å². The number of rotatable bonds is 13. The van der Waals surface area contributed by atoms with Gasteiger partial charge in [-0.2, -0.15) is 4.89 Å². The number of unbranched alkanes of at least 4 members (excludes halogenated alkanes) is 8. The molecule has 1 atom stereocenters. The maximum atomic E-state index is 11.3. The van der Waals surface area contributed by atoms with Crippen LogP contribution in [-0.2, 0) is 14.6 Å². The second-order valence-electron chi connectivity index (χ2n) is 5.35. The quantitative estimate of drug-likeness (QED) is 0.263. The molecule has 0 aliphatic carbocycles. The first-order valence-corrected chi connectivity index (χ1v) is 8.06. The summed E-state index contributed by atoms with van der Waals surface area (Å²) in [5.41, 5.74) is 0. The fourth-order valence-electron chi connectivity index (χ4n) is 1.83. The van der Waals surface area contributed by atoms with E-state index in [1.54, 1.807) is 0 Å². The summed E-state index contributed by atoms with van der Waals surface area (Å²) in [5.74, 6) is -0.233. The molecule has 19 heavy (non-hydrogen) atoms. The zero-order valence-electron chi connectivity index (χ0n) is 13.1. The van der Waals surface area contributed by atoms with Crippen LogP contribution in [0, 0.1) is 0 Å². The molecule has 0 aliphatic heterocycles. The zero-order chi connectivity index (χ0) is 14.3. The van der Waals surface area contributed by atoms with E-state index in [4.69, 9.17) is 9.78 Å². The highest BCUT2D eigenvalue weighted by Crippen LogP contribution is 2.11. The Kier molecular flexibility index (Phi) is 13.4. The molecule has 3 heteroatoms. The standard InChI is InChI=1S/C16H32O3/c1-4-6-7-8-9-10-11-12-13-14-16(17)19-18-15(3)5-2/h15H,4-14H2,1-3H3. The summed E-state index contributed by atoms with van der Waals surface area (Å²) >= 11 is 0. The molecular weight excluding hydrogens is 240 g/mol. The van der Waals surface area contributed by atoms with E-state index in [0.717, 1.165) is 19.3 Å². The first kappa shape index (κ1) is 18.4. The molecule has 0 fully saturated rings. The van der Waals surface area contributed by atoms with Gasteiger partial charge in [0.2, 0.25) is 0 Å². The molecule has 114 valence electrons. The molecule has 3 nitrogen and oxygen atoms in total. The Labute approximate surface area is 119 Å². The van der Waals surface area contributed by atoms with E-state index in [2.05, 4.69) is 6.92 Å². The minimum atomic E-state index is -0.233. The van der Waals surface area contributed by atoms with E-state index in [1.165, 1.54) is 44.9 Å². The van der Waals surface area contributed by atoms with Gasteiger partial charge in [-0.05, 0) is 19.8 Å². The molecule has 0 N–H and O–H groups in total. The Balaban J connectivity index is 3.18. The molecule has 0 aromatic rings. The van der Waals surface area contributed by atoms with Gasteiger partial charge in [0.25, 0.3) is 0 Å². The van der Waals surface area contributed by atoms with Gasteiger partial charge >= 0.3 is 5.97 Å². The second-order valence-corrected chi connectivity index (χ2v) is 5.35. The van der Waals surface area contributed by atoms with Crippen LogP contribution in [0.25, 0.3) is 0 Å². The van der Waals surface area contributed by atoms with Crippen molar-refractivity contribution in [1.29, 1.82) is 0 Å². The molecule has 0 spiro atoms. The third-order valence-corrected chi connectivity index (χ3v) is 3.36. The first-order valence-electron chi connectivity index (χ1n) is 8.06. The van der Waals surface area contributed by atoms with Crippen molar-refractivity contribution in [3.05, 3.63) is 0 Å². The van der Waals surface area contributed by atoms with Gasteiger partial charge in [0.05, 0.1) is 0 Å². The van der Waals surface area contributed by atoms with Crippen molar-refractivity contribution in [3.63, 3.8) is 0 Å². The van der Waals surface area contributed by atoms with Crippen LogP contribution in [0.1, 0.15) is 91.4 Å². The Morgan fingerprint density at radius 3 is 1.95 bits per heavy atom. The van der Waals surface area contributed by atoms with Crippen molar-refractivity contribution >= 4 is 5.97 Å². The van der Waals surface area contributed by atoms with E-state index in [1.807, 2.05) is 13.8 Å². The topological polar surface area (TPSA) is 35.5 Å². The third-order valence-electron chi connectivity index (χ3n) is 3.36. The van der Waals surface area contributed by atoms with Crippen LogP contribution < -0.4 is 0 Å². The summed E-state index contributed by atoms with van der Waals surface area (Å²) in [6.07, 6.45) is 12.6. The van der Waals surface area contributed by atoms with Gasteiger partial charge in [0.15, 0.2) is 0 Å². The average molecular weight is 272 g/mol. The molecule has 0 saturated heterocycles. The number of hydrogen-bond donors (Lipinski definition) is 0. The van der Waals surface area contributed by atoms with Gasteiger partial charge in [-0.25, -0.2) is 4.79 Å². The van der Waals surface area contributed by atoms with Crippen molar-refractivity contribution in [2.24, 2.45) is 0 Å². The number of carbonyl (C=O) groups is 1. The maximum absolute atomic E-state index is 11.3. The van der Waals surface area contributed by atoms with Gasteiger partial charge in [-0.1, -0.05) is 65.2 Å². The second kappa shape index (κ2) is 13.9. The molecular formula is C16H32O3. The normalized spacial score (nSPS) is 12.4. The van der Waals surface area contributed by atoms with E-state index >= 15 is 0 Å². The molecule has 0 bridgehead atoms. The smallest absolute Gasteiger partial charge is 0.298 e. The molecule has 0 radical (unpaired) electrons. The highest BCUT2D eigenvalue weighted by molar-refractivity contribution is 5.68. The summed E-state index contributed by atoms with van der Waals surface area (Å²) in [4.78, 5) is 21.0. The monoisotopic (exact) mass is 272 g/mol. The Morgan fingerprint density at radius 2 is 1.42 bits per heavy atom. The van der Waals surface area contributed by atoms with Crippen LogP contribution in [0.15, 0.2) is 0 Å². The van der Waals surface area contributed by atoms with E-state index in [-0.39, 0.29) is 12.1 Å². The van der Waals surface area contributed by atoms with Crippen LogP contribution in [-0.4, -0.2) is 12.1 Å². The highest BCUT2D eigenvalue weighted by atomic mass is 17.2. The molecule has 0 rings (SSSR count). The summed E-state index contributed by atoms with van der Waals surface area (Å²) in [6, 6.07) is 0. The number of carbonyl (C=O) groups excluding carboxylic acids is 1. The van der Waals surface area contributed by atoms with E-state index in [0.29, 0.717) is 6.42 Å². The van der Waals surface area contributed by atoms with Crippen molar-refractivity contribution in [2.75, 3.05) is 0 Å². The lowest BCUT2D eigenvalue weighted by atomic mass is 10.1. The Hall–Kier alpha value is -0.570. The zero-order valence-corrected chi connectivity index (χ0v) is 13.1. The molecule has 0 aliphatic rings. The van der Waals surface area contributed by atoms with Crippen molar-refractivity contribution in [2.45, 2.75) is 97.5 Å². The minimum Gasteiger partial charge on any atom is -0.298 e. The molecule has 0 heterocycles. The summed E-state index contributed by atoms with van der Waals surface area (Å²) < 4.78 is 0. The predicted molar refractivity (Wildman–Crippen MR) is 78.8 cm³/mol. The molecule has 0 aromatic carbocycles. The average Bonchev–Trinajstić information content (AvgIpc) is 2.42. The van der Waals surface area contributed by atoms with Gasteiger partial charge in [-0.15, -0.1) is 0 Å². The van der Waals surface area contributed by atoms with Gasteiger partial charge < -0.3 is 0 Å². The lowest BCUT2D eigenvalue weighted by Gasteiger charge is -2.08. The summed E-state index contributed by atoms with van der Waals surface area (Å²) in [5, 5.41) is 0. The van der Waals surface area contributed by atoms with Crippen molar-refractivity contribution in [3.8, 4) is 0 Å². The lowest BCUT2D eigenvalue weighted by Crippen LogP contribution is -2.12. The van der Waals surface area contributed by atoms with Crippen LogP contribution in [0.4, 0.5) is 0 Å². The molecule has 0 saturated carbocycles. The minimum absolute atomic E-state index is 0.00734. The summed E-state index contributed by atoms with van der Waals surface area (Å²) in [7, 11) is 0. The third kappa shape index (κ3) is 13.7. The highest BCUT2D eigenvalue weighted by Gasteiger charge is 2.06. The van der Waals surface area contributed by atoms with Crippen molar-refractivity contribution < 1.29 is 14.6 Å². The van der Waals surface area contributed by atoms with Crippen molar-refractivity contribution in [1.82, 2.24) is 0 Å². The van der Waals surface area contributed by atoms with E-state index in [9.17, 15) is 4.79 Å². The number of hydrogen-bond acceptors (Lipinski definition) is 3. The lowest BCUT2D eigenvalue weighted by molar-refractivity contribution is -0.295. The fourth-order valence-corrected chi connectivity index (χ4v) is 1.83.